The van der Waals surface area contributed by atoms with Gasteiger partial charge in [0, 0.05) is 13.1 Å². The molecular weight excluding hydrogens is 337 g/mol. The molecule has 0 radical (unpaired) electrons. The number of ether oxygens (including phenoxy) is 1. The van der Waals surface area contributed by atoms with Gasteiger partial charge in [0.05, 0.1) is 22.1 Å². The number of hydrogen-bond acceptors (Lipinski definition) is 3. The van der Waals surface area contributed by atoms with E-state index in [1.54, 1.807) is 0 Å². The van der Waals surface area contributed by atoms with E-state index in [4.69, 9.17) is 4.74 Å². The molecule has 0 saturated carbocycles. The highest BCUT2D eigenvalue weighted by Gasteiger charge is 2.30. The van der Waals surface area contributed by atoms with Crippen molar-refractivity contribution in [3.05, 3.63) is 28.5 Å². The lowest BCUT2D eigenvalue weighted by molar-refractivity contribution is -0.00278. The molecule has 0 bridgehead atoms. The van der Waals surface area contributed by atoms with Crippen LogP contribution in [-0.4, -0.2) is 38.5 Å². The van der Waals surface area contributed by atoms with Gasteiger partial charge in [-0.15, -0.1) is 0 Å². The summed E-state index contributed by atoms with van der Waals surface area (Å²) in [6.45, 7) is 2.93. The quantitative estimate of drug-likeness (QED) is 0.839. The fraction of sp³-hybridized carbons (Fsp3) is 0.500. The highest BCUT2D eigenvalue weighted by atomic mass is 79.9. The van der Waals surface area contributed by atoms with Crippen molar-refractivity contribution >= 4 is 26.0 Å². The van der Waals surface area contributed by atoms with E-state index in [-0.39, 0.29) is 15.5 Å². The van der Waals surface area contributed by atoms with Crippen LogP contribution in [0.3, 0.4) is 0 Å². The molecule has 1 heterocycles. The molecule has 0 N–H and O–H groups in total. The first-order valence-corrected chi connectivity index (χ1v) is 8.25. The molecule has 0 spiro atoms. The molecule has 1 aromatic carbocycles. The third-order valence-corrected chi connectivity index (χ3v) is 5.59. The molecule has 19 heavy (non-hydrogen) atoms. The summed E-state index contributed by atoms with van der Waals surface area (Å²) in [6.07, 6.45) is 0.657. The molecule has 1 atom stereocenters. The molecule has 1 fully saturated rings. The standard InChI is InChI=1S/C12H15BrFNO3S/c1-2-9-8-15(5-6-18-9)19(16,17)10-3-4-11(13)12(14)7-10/h3-4,7,9H,2,5-6,8H2,1H3. The van der Waals surface area contributed by atoms with Crippen LogP contribution >= 0.6 is 15.9 Å². The Morgan fingerprint density at radius 3 is 2.89 bits per heavy atom. The van der Waals surface area contributed by atoms with Gasteiger partial charge in [-0.1, -0.05) is 6.92 Å². The predicted octanol–water partition coefficient (Wildman–Crippen LogP) is 2.39. The fourth-order valence-electron chi connectivity index (χ4n) is 1.94. The molecule has 1 unspecified atom stereocenters. The Hall–Kier alpha value is -0.500. The van der Waals surface area contributed by atoms with Crippen molar-refractivity contribution in [3.63, 3.8) is 0 Å². The minimum Gasteiger partial charge on any atom is -0.375 e. The monoisotopic (exact) mass is 351 g/mol. The Labute approximate surface area is 120 Å². The predicted molar refractivity (Wildman–Crippen MR) is 72.9 cm³/mol. The Balaban J connectivity index is 2.28. The van der Waals surface area contributed by atoms with Crippen molar-refractivity contribution in [3.8, 4) is 0 Å². The molecule has 106 valence electrons. The van der Waals surface area contributed by atoms with E-state index in [1.165, 1.54) is 16.4 Å². The number of hydrogen-bond donors (Lipinski definition) is 0. The number of nitrogens with zero attached hydrogens (tertiary/aromatic N) is 1. The summed E-state index contributed by atoms with van der Waals surface area (Å²) < 4.78 is 45.3. The van der Waals surface area contributed by atoms with Gasteiger partial charge in [0.2, 0.25) is 10.0 Å². The highest BCUT2D eigenvalue weighted by Crippen LogP contribution is 2.23. The number of sulfonamides is 1. The lowest BCUT2D eigenvalue weighted by atomic mass is 10.2. The van der Waals surface area contributed by atoms with E-state index in [1.807, 2.05) is 6.92 Å². The number of rotatable bonds is 3. The van der Waals surface area contributed by atoms with Crippen molar-refractivity contribution in [2.45, 2.75) is 24.3 Å². The molecule has 1 aliphatic heterocycles. The van der Waals surface area contributed by atoms with Gasteiger partial charge >= 0.3 is 0 Å². The first-order chi connectivity index (χ1) is 8.95. The van der Waals surface area contributed by atoms with Crippen LogP contribution in [0.1, 0.15) is 13.3 Å². The van der Waals surface area contributed by atoms with Crippen LogP contribution in [-0.2, 0) is 14.8 Å². The highest BCUT2D eigenvalue weighted by molar-refractivity contribution is 9.10. The van der Waals surface area contributed by atoms with Crippen molar-refractivity contribution in [1.29, 1.82) is 0 Å². The zero-order valence-corrected chi connectivity index (χ0v) is 12.9. The smallest absolute Gasteiger partial charge is 0.243 e. The minimum absolute atomic E-state index is 0.0232. The van der Waals surface area contributed by atoms with Crippen molar-refractivity contribution in [2.24, 2.45) is 0 Å². The maximum absolute atomic E-state index is 13.5. The van der Waals surface area contributed by atoms with Gasteiger partial charge in [0.15, 0.2) is 0 Å². The molecule has 0 amide bonds. The molecule has 1 aromatic rings. The van der Waals surface area contributed by atoms with E-state index in [0.29, 0.717) is 19.7 Å². The minimum atomic E-state index is -3.65. The second kappa shape index (κ2) is 5.87. The Bertz CT molecular complexity index is 564. The third-order valence-electron chi connectivity index (χ3n) is 3.09. The third kappa shape index (κ3) is 3.16. The summed E-state index contributed by atoms with van der Waals surface area (Å²) in [4.78, 5) is -0.0232. The lowest BCUT2D eigenvalue weighted by Crippen LogP contribution is -2.45. The summed E-state index contributed by atoms with van der Waals surface area (Å²) >= 11 is 3.01. The van der Waals surface area contributed by atoms with Crippen molar-refractivity contribution in [2.75, 3.05) is 19.7 Å². The van der Waals surface area contributed by atoms with Crippen LogP contribution < -0.4 is 0 Å². The summed E-state index contributed by atoms with van der Waals surface area (Å²) in [6, 6.07) is 3.84. The van der Waals surface area contributed by atoms with E-state index in [9.17, 15) is 12.8 Å². The molecule has 0 aliphatic carbocycles. The van der Waals surface area contributed by atoms with Gasteiger partial charge < -0.3 is 4.74 Å². The maximum atomic E-state index is 13.5. The number of halogens is 2. The Morgan fingerprint density at radius 2 is 2.26 bits per heavy atom. The summed E-state index contributed by atoms with van der Waals surface area (Å²) in [5, 5.41) is 0. The zero-order chi connectivity index (χ0) is 14.0. The normalized spacial score (nSPS) is 21.5. The average molecular weight is 352 g/mol. The Morgan fingerprint density at radius 1 is 1.53 bits per heavy atom. The molecule has 0 aromatic heterocycles. The molecule has 1 saturated heterocycles. The fourth-order valence-corrected chi connectivity index (χ4v) is 3.66. The lowest BCUT2D eigenvalue weighted by Gasteiger charge is -2.31. The van der Waals surface area contributed by atoms with Crippen molar-refractivity contribution in [1.82, 2.24) is 4.31 Å². The molecular formula is C12H15BrFNO3S. The van der Waals surface area contributed by atoms with Crippen LogP contribution in [0.15, 0.2) is 27.6 Å². The Kier molecular flexibility index (Phi) is 4.60. The average Bonchev–Trinajstić information content (AvgIpc) is 2.41. The summed E-state index contributed by atoms with van der Waals surface area (Å²) in [5.74, 6) is -0.582. The largest absolute Gasteiger partial charge is 0.375 e. The van der Waals surface area contributed by atoms with E-state index >= 15 is 0 Å². The SMILES string of the molecule is CCC1CN(S(=O)(=O)c2ccc(Br)c(F)c2)CCO1. The van der Waals surface area contributed by atoms with Crippen LogP contribution in [0.4, 0.5) is 4.39 Å². The van der Waals surface area contributed by atoms with Gasteiger partial charge in [-0.3, -0.25) is 0 Å². The molecule has 4 nitrogen and oxygen atoms in total. The summed E-state index contributed by atoms with van der Waals surface area (Å²) in [7, 11) is -3.65. The van der Waals surface area contributed by atoms with Gasteiger partial charge in [0.1, 0.15) is 5.82 Å². The van der Waals surface area contributed by atoms with Crippen molar-refractivity contribution < 1.29 is 17.5 Å². The summed E-state index contributed by atoms with van der Waals surface area (Å²) in [5.41, 5.74) is 0. The first-order valence-electron chi connectivity index (χ1n) is 6.02. The van der Waals surface area contributed by atoms with Gasteiger partial charge in [-0.2, -0.15) is 4.31 Å². The van der Waals surface area contributed by atoms with Gasteiger partial charge in [0.25, 0.3) is 0 Å². The van der Waals surface area contributed by atoms with Crippen LogP contribution in [0.25, 0.3) is 0 Å². The maximum Gasteiger partial charge on any atom is 0.243 e. The van der Waals surface area contributed by atoms with E-state index in [0.717, 1.165) is 12.5 Å². The molecule has 1 aliphatic rings. The second-order valence-corrected chi connectivity index (χ2v) is 7.13. The number of morpholine rings is 1. The molecule has 7 heteroatoms. The van der Waals surface area contributed by atoms with Crippen LogP contribution in [0.2, 0.25) is 0 Å². The second-order valence-electron chi connectivity index (χ2n) is 4.34. The first kappa shape index (κ1) is 14.9. The van der Waals surface area contributed by atoms with Gasteiger partial charge in [-0.05, 0) is 40.5 Å². The van der Waals surface area contributed by atoms with E-state index < -0.39 is 15.8 Å². The number of benzene rings is 1. The van der Waals surface area contributed by atoms with E-state index in [2.05, 4.69) is 15.9 Å². The van der Waals surface area contributed by atoms with Crippen LogP contribution in [0.5, 0.6) is 0 Å². The molecule has 2 rings (SSSR count). The zero-order valence-electron chi connectivity index (χ0n) is 10.5. The van der Waals surface area contributed by atoms with Gasteiger partial charge in [-0.25, -0.2) is 12.8 Å². The topological polar surface area (TPSA) is 46.6 Å². The van der Waals surface area contributed by atoms with Crippen LogP contribution in [0, 0.1) is 5.82 Å².